The van der Waals surface area contributed by atoms with Crippen LogP contribution in [0.4, 0.5) is 0 Å². The van der Waals surface area contributed by atoms with Crippen LogP contribution in [0.25, 0.3) is 0 Å². The van der Waals surface area contributed by atoms with Crippen LogP contribution < -0.4 is 0 Å². The lowest BCUT2D eigenvalue weighted by Gasteiger charge is -2.11. The van der Waals surface area contributed by atoms with Crippen LogP contribution in [0.1, 0.15) is 21.2 Å². The molecule has 0 saturated heterocycles. The van der Waals surface area contributed by atoms with Crippen molar-refractivity contribution >= 4 is 17.5 Å². The second-order valence-corrected chi connectivity index (χ2v) is 4.62. The molecule has 2 rings (SSSR count). The van der Waals surface area contributed by atoms with Crippen LogP contribution in [0.15, 0.2) is 60.7 Å². The zero-order valence-corrected chi connectivity index (χ0v) is 10.4. The van der Waals surface area contributed by atoms with Crippen LogP contribution in [0.5, 0.6) is 0 Å². The van der Waals surface area contributed by atoms with E-state index in [-0.39, 0.29) is 5.78 Å². The zero-order chi connectivity index (χ0) is 12.8. The highest BCUT2D eigenvalue weighted by atomic mass is 32.2. The SMILES string of the molecule is N#CS[C@@H](C(=O)c1ccccc1)c1ccccc1. The van der Waals surface area contributed by atoms with Crippen LogP contribution in [-0.2, 0) is 0 Å². The molecule has 0 amide bonds. The average Bonchev–Trinajstić information content (AvgIpc) is 2.46. The Morgan fingerprint density at radius 3 is 2.11 bits per heavy atom. The first-order chi connectivity index (χ1) is 8.83. The van der Waals surface area contributed by atoms with Crippen LogP contribution in [0, 0.1) is 10.7 Å². The van der Waals surface area contributed by atoms with Crippen LogP contribution >= 0.6 is 11.8 Å². The number of hydrogen-bond donors (Lipinski definition) is 0. The van der Waals surface area contributed by atoms with Crippen molar-refractivity contribution in [3.63, 3.8) is 0 Å². The lowest BCUT2D eigenvalue weighted by atomic mass is 10.0. The normalized spacial score (nSPS) is 11.5. The van der Waals surface area contributed by atoms with E-state index in [9.17, 15) is 4.79 Å². The van der Waals surface area contributed by atoms with Gasteiger partial charge >= 0.3 is 0 Å². The minimum absolute atomic E-state index is 0.0339. The summed E-state index contributed by atoms with van der Waals surface area (Å²) in [5.74, 6) is -0.0339. The second-order valence-electron chi connectivity index (χ2n) is 3.73. The Morgan fingerprint density at radius 2 is 1.56 bits per heavy atom. The Labute approximate surface area is 110 Å². The van der Waals surface area contributed by atoms with Crippen LogP contribution in [0.2, 0.25) is 0 Å². The van der Waals surface area contributed by atoms with E-state index >= 15 is 0 Å². The highest BCUT2D eigenvalue weighted by Crippen LogP contribution is 2.31. The molecule has 0 saturated carbocycles. The summed E-state index contributed by atoms with van der Waals surface area (Å²) < 4.78 is 0. The number of Topliss-reactive ketones (excluding diaryl/α,β-unsaturated/α-hetero) is 1. The number of thioether (sulfide) groups is 1. The van der Waals surface area contributed by atoms with Crippen molar-refractivity contribution in [1.82, 2.24) is 0 Å². The zero-order valence-electron chi connectivity index (χ0n) is 9.61. The lowest BCUT2D eigenvalue weighted by Crippen LogP contribution is -2.09. The van der Waals surface area contributed by atoms with Gasteiger partial charge in [-0.25, -0.2) is 0 Å². The van der Waals surface area contributed by atoms with Gasteiger partial charge in [0.2, 0.25) is 0 Å². The largest absolute Gasteiger partial charge is 0.292 e. The van der Waals surface area contributed by atoms with E-state index in [4.69, 9.17) is 5.26 Å². The molecule has 0 N–H and O–H groups in total. The molecule has 0 aliphatic heterocycles. The summed E-state index contributed by atoms with van der Waals surface area (Å²) in [6.45, 7) is 0. The molecule has 0 bridgehead atoms. The fraction of sp³-hybridized carbons (Fsp3) is 0.0667. The maximum atomic E-state index is 12.4. The molecule has 18 heavy (non-hydrogen) atoms. The molecule has 88 valence electrons. The van der Waals surface area contributed by atoms with Crippen LogP contribution in [-0.4, -0.2) is 5.78 Å². The Balaban J connectivity index is 2.32. The van der Waals surface area contributed by atoms with E-state index in [1.807, 2.05) is 53.9 Å². The highest BCUT2D eigenvalue weighted by molar-refractivity contribution is 8.04. The number of ketones is 1. The van der Waals surface area contributed by atoms with Crippen molar-refractivity contribution in [3.8, 4) is 5.40 Å². The van der Waals surface area contributed by atoms with Gasteiger partial charge in [0, 0.05) is 5.56 Å². The van der Waals surface area contributed by atoms with Crippen molar-refractivity contribution in [2.75, 3.05) is 0 Å². The van der Waals surface area contributed by atoms with E-state index < -0.39 is 5.25 Å². The monoisotopic (exact) mass is 253 g/mol. The molecule has 0 unspecified atom stereocenters. The molecule has 3 heteroatoms. The predicted octanol–water partition coefficient (Wildman–Crippen LogP) is 3.82. The molecule has 0 fully saturated rings. The van der Waals surface area contributed by atoms with Crippen molar-refractivity contribution in [3.05, 3.63) is 71.8 Å². The first-order valence-electron chi connectivity index (χ1n) is 5.52. The van der Waals surface area contributed by atoms with Crippen molar-refractivity contribution in [2.45, 2.75) is 5.25 Å². The predicted molar refractivity (Wildman–Crippen MR) is 73.2 cm³/mol. The summed E-state index contributed by atoms with van der Waals surface area (Å²) in [5, 5.41) is 10.4. The summed E-state index contributed by atoms with van der Waals surface area (Å²) in [4.78, 5) is 12.4. The van der Waals surface area contributed by atoms with Gasteiger partial charge in [0.1, 0.15) is 10.7 Å². The molecule has 2 aromatic carbocycles. The topological polar surface area (TPSA) is 40.9 Å². The quantitative estimate of drug-likeness (QED) is 0.614. The second kappa shape index (κ2) is 6.04. The van der Waals surface area contributed by atoms with Gasteiger partial charge in [-0.2, -0.15) is 5.26 Å². The summed E-state index contributed by atoms with van der Waals surface area (Å²) >= 11 is 0.988. The number of carbonyl (C=O) groups is 1. The number of carbonyl (C=O) groups excluding carboxylic acids is 1. The number of thiocyanates is 1. The van der Waals surface area contributed by atoms with Gasteiger partial charge in [-0.3, -0.25) is 4.79 Å². The van der Waals surface area contributed by atoms with E-state index in [0.717, 1.165) is 17.3 Å². The van der Waals surface area contributed by atoms with Gasteiger partial charge in [-0.05, 0) is 17.3 Å². The van der Waals surface area contributed by atoms with E-state index in [1.54, 1.807) is 12.1 Å². The van der Waals surface area contributed by atoms with Gasteiger partial charge in [-0.15, -0.1) is 0 Å². The van der Waals surface area contributed by atoms with E-state index in [0.29, 0.717) is 5.56 Å². The first kappa shape index (κ1) is 12.4. The van der Waals surface area contributed by atoms with Crippen molar-refractivity contribution in [2.24, 2.45) is 0 Å². The summed E-state index contributed by atoms with van der Waals surface area (Å²) in [6.07, 6.45) is 0. The maximum Gasteiger partial charge on any atom is 0.181 e. The first-order valence-corrected chi connectivity index (χ1v) is 6.40. The Bertz CT molecular complexity index is 560. The molecular formula is C15H11NOS. The molecule has 0 aliphatic carbocycles. The number of benzene rings is 2. The third kappa shape index (κ3) is 2.79. The lowest BCUT2D eigenvalue weighted by molar-refractivity contribution is 0.0990. The minimum Gasteiger partial charge on any atom is -0.292 e. The van der Waals surface area contributed by atoms with Crippen molar-refractivity contribution in [1.29, 1.82) is 5.26 Å². The molecule has 0 aromatic heterocycles. The van der Waals surface area contributed by atoms with Gasteiger partial charge in [0.25, 0.3) is 0 Å². The Morgan fingerprint density at radius 1 is 1.00 bits per heavy atom. The standard InChI is InChI=1S/C15H11NOS/c16-11-18-15(13-9-5-2-6-10-13)14(17)12-7-3-1-4-8-12/h1-10,15H/t15-/m1/s1. The summed E-state index contributed by atoms with van der Waals surface area (Å²) in [7, 11) is 0. The number of nitriles is 1. The molecule has 0 radical (unpaired) electrons. The molecule has 0 aliphatic rings. The van der Waals surface area contributed by atoms with Gasteiger partial charge in [-0.1, -0.05) is 60.7 Å². The fourth-order valence-corrected chi connectivity index (χ4v) is 2.35. The van der Waals surface area contributed by atoms with Gasteiger partial charge < -0.3 is 0 Å². The smallest absolute Gasteiger partial charge is 0.181 e. The molecular weight excluding hydrogens is 242 g/mol. The minimum atomic E-state index is -0.460. The van der Waals surface area contributed by atoms with E-state index in [1.165, 1.54) is 0 Å². The van der Waals surface area contributed by atoms with Gasteiger partial charge in [0.05, 0.1) is 0 Å². The number of hydrogen-bond acceptors (Lipinski definition) is 3. The number of rotatable bonds is 4. The average molecular weight is 253 g/mol. The summed E-state index contributed by atoms with van der Waals surface area (Å²) in [6, 6.07) is 18.4. The highest BCUT2D eigenvalue weighted by Gasteiger charge is 2.22. The molecule has 2 aromatic rings. The third-order valence-corrected chi connectivity index (χ3v) is 3.40. The van der Waals surface area contributed by atoms with Gasteiger partial charge in [0.15, 0.2) is 5.78 Å². The van der Waals surface area contributed by atoms with Crippen LogP contribution in [0.3, 0.4) is 0 Å². The van der Waals surface area contributed by atoms with E-state index in [2.05, 4.69) is 0 Å². The maximum absolute atomic E-state index is 12.4. The third-order valence-electron chi connectivity index (χ3n) is 2.57. The molecule has 2 nitrogen and oxygen atoms in total. The van der Waals surface area contributed by atoms with Crippen molar-refractivity contribution < 1.29 is 4.79 Å². The molecule has 1 atom stereocenters. The molecule has 0 spiro atoms. The Hall–Kier alpha value is -2.05. The summed E-state index contributed by atoms with van der Waals surface area (Å²) in [5.41, 5.74) is 1.49. The molecule has 0 heterocycles. The number of nitrogens with zero attached hydrogens (tertiary/aromatic N) is 1. The fourth-order valence-electron chi connectivity index (χ4n) is 1.71. The Kier molecular flexibility index (Phi) is 4.16.